The lowest BCUT2D eigenvalue weighted by atomic mass is 9.95. The van der Waals surface area contributed by atoms with Gasteiger partial charge in [-0.25, -0.2) is 0 Å². The molecule has 0 spiro atoms. The molecule has 0 aromatic rings. The second-order valence-electron chi connectivity index (χ2n) is 3.21. The fraction of sp³-hybridized carbons (Fsp3) is 0.875. The van der Waals surface area contributed by atoms with Crippen LogP contribution in [0, 0.1) is 17.2 Å². The fourth-order valence-electron chi connectivity index (χ4n) is 0.884. The highest BCUT2D eigenvalue weighted by Gasteiger charge is 2.05. The molecule has 0 aromatic carbocycles. The highest BCUT2D eigenvalue weighted by Crippen LogP contribution is 2.10. The second-order valence-corrected chi connectivity index (χ2v) is 3.21. The van der Waals surface area contributed by atoms with Gasteiger partial charge in [-0.15, -0.1) is 0 Å². The summed E-state index contributed by atoms with van der Waals surface area (Å²) in [6.45, 7) is 8.38. The van der Waals surface area contributed by atoms with E-state index in [2.05, 4.69) is 20.8 Å². The van der Waals surface area contributed by atoms with Gasteiger partial charge in [-0.2, -0.15) is 0 Å². The SMILES string of the molecule is CC(=N)C(C)CC(C)C. The first-order valence-corrected chi connectivity index (χ1v) is 3.59. The number of rotatable bonds is 3. The van der Waals surface area contributed by atoms with Crippen LogP contribution in [0.1, 0.15) is 34.1 Å². The summed E-state index contributed by atoms with van der Waals surface area (Å²) in [5.41, 5.74) is 0.809. The first-order chi connectivity index (χ1) is 4.04. The third-order valence-electron chi connectivity index (χ3n) is 1.56. The Morgan fingerprint density at radius 3 is 1.89 bits per heavy atom. The Labute approximate surface area is 58.0 Å². The standard InChI is InChI=1S/C8H17N/c1-6(2)5-7(3)8(4)9/h6-7,9H,5H2,1-4H3. The van der Waals surface area contributed by atoms with Crippen LogP contribution in [0.5, 0.6) is 0 Å². The molecule has 0 aromatic heterocycles. The molecular formula is C8H17N. The molecule has 1 unspecified atom stereocenters. The Morgan fingerprint density at radius 1 is 1.33 bits per heavy atom. The van der Waals surface area contributed by atoms with Crippen molar-refractivity contribution in [3.63, 3.8) is 0 Å². The molecule has 0 saturated carbocycles. The van der Waals surface area contributed by atoms with Crippen LogP contribution in [-0.2, 0) is 0 Å². The molecule has 0 aliphatic carbocycles. The largest absolute Gasteiger partial charge is 0.310 e. The molecule has 0 fully saturated rings. The zero-order chi connectivity index (χ0) is 7.44. The predicted octanol–water partition coefficient (Wildman–Crippen LogP) is 2.71. The molecule has 9 heavy (non-hydrogen) atoms. The summed E-state index contributed by atoms with van der Waals surface area (Å²) in [6, 6.07) is 0. The summed E-state index contributed by atoms with van der Waals surface area (Å²) in [5.74, 6) is 1.20. The quantitative estimate of drug-likeness (QED) is 0.564. The lowest BCUT2D eigenvalue weighted by Gasteiger charge is -2.11. The van der Waals surface area contributed by atoms with E-state index < -0.39 is 0 Å². The summed E-state index contributed by atoms with van der Waals surface area (Å²) in [4.78, 5) is 0. The molecule has 1 N–H and O–H groups in total. The molecule has 0 aliphatic rings. The molecule has 1 heteroatoms. The van der Waals surface area contributed by atoms with E-state index in [-0.39, 0.29) is 0 Å². The van der Waals surface area contributed by atoms with Crippen LogP contribution < -0.4 is 0 Å². The van der Waals surface area contributed by atoms with Crippen molar-refractivity contribution >= 4 is 5.71 Å². The van der Waals surface area contributed by atoms with E-state index in [9.17, 15) is 0 Å². The molecule has 0 aliphatic heterocycles. The van der Waals surface area contributed by atoms with Crippen LogP contribution in [0.15, 0.2) is 0 Å². The van der Waals surface area contributed by atoms with Crippen molar-refractivity contribution in [2.45, 2.75) is 34.1 Å². The van der Waals surface area contributed by atoms with Gasteiger partial charge in [-0.05, 0) is 25.2 Å². The molecule has 0 heterocycles. The Balaban J connectivity index is 3.50. The number of nitrogens with one attached hydrogen (secondary N) is 1. The van der Waals surface area contributed by atoms with Crippen molar-refractivity contribution in [1.29, 1.82) is 5.41 Å². The van der Waals surface area contributed by atoms with Crippen molar-refractivity contribution in [2.24, 2.45) is 11.8 Å². The minimum Gasteiger partial charge on any atom is -0.310 e. The van der Waals surface area contributed by atoms with Crippen molar-refractivity contribution in [1.82, 2.24) is 0 Å². The van der Waals surface area contributed by atoms with Crippen LogP contribution in [-0.4, -0.2) is 5.71 Å². The van der Waals surface area contributed by atoms with Crippen LogP contribution in [0.3, 0.4) is 0 Å². The van der Waals surface area contributed by atoms with E-state index in [1.54, 1.807) is 0 Å². The Kier molecular flexibility index (Phi) is 3.52. The highest BCUT2D eigenvalue weighted by molar-refractivity contribution is 5.80. The average Bonchev–Trinajstić information content (AvgIpc) is 1.63. The summed E-state index contributed by atoms with van der Waals surface area (Å²) in [6.07, 6.45) is 1.15. The number of hydrogen-bond acceptors (Lipinski definition) is 1. The first kappa shape index (κ1) is 8.67. The van der Waals surface area contributed by atoms with Gasteiger partial charge in [0.05, 0.1) is 0 Å². The molecule has 54 valence electrons. The van der Waals surface area contributed by atoms with Gasteiger partial charge in [-0.3, -0.25) is 0 Å². The summed E-state index contributed by atoms with van der Waals surface area (Å²) in [5, 5.41) is 7.29. The molecule has 1 atom stereocenters. The van der Waals surface area contributed by atoms with Gasteiger partial charge in [0.2, 0.25) is 0 Å². The van der Waals surface area contributed by atoms with E-state index in [1.807, 2.05) is 6.92 Å². The van der Waals surface area contributed by atoms with E-state index in [4.69, 9.17) is 5.41 Å². The lowest BCUT2D eigenvalue weighted by molar-refractivity contribution is 0.519. The van der Waals surface area contributed by atoms with Crippen molar-refractivity contribution in [3.8, 4) is 0 Å². The van der Waals surface area contributed by atoms with Gasteiger partial charge in [0, 0.05) is 5.71 Å². The first-order valence-electron chi connectivity index (χ1n) is 3.59. The Hall–Kier alpha value is -0.330. The average molecular weight is 127 g/mol. The topological polar surface area (TPSA) is 23.9 Å². The van der Waals surface area contributed by atoms with Crippen LogP contribution >= 0.6 is 0 Å². The van der Waals surface area contributed by atoms with E-state index in [0.29, 0.717) is 5.92 Å². The molecule has 0 radical (unpaired) electrons. The maximum atomic E-state index is 7.29. The van der Waals surface area contributed by atoms with Crippen molar-refractivity contribution in [2.75, 3.05) is 0 Å². The van der Waals surface area contributed by atoms with Gasteiger partial charge in [0.15, 0.2) is 0 Å². The van der Waals surface area contributed by atoms with Gasteiger partial charge in [-0.1, -0.05) is 20.8 Å². The Bertz CT molecular complexity index is 94.7. The molecule has 0 bridgehead atoms. The van der Waals surface area contributed by atoms with Gasteiger partial charge >= 0.3 is 0 Å². The highest BCUT2D eigenvalue weighted by atomic mass is 14.4. The third kappa shape index (κ3) is 4.19. The smallest absolute Gasteiger partial charge is 0.00864 e. The molecule has 0 saturated heterocycles. The molecule has 0 rings (SSSR count). The van der Waals surface area contributed by atoms with Gasteiger partial charge < -0.3 is 5.41 Å². The molecule has 0 amide bonds. The van der Waals surface area contributed by atoms with Gasteiger partial charge in [0.25, 0.3) is 0 Å². The monoisotopic (exact) mass is 127 g/mol. The Morgan fingerprint density at radius 2 is 1.78 bits per heavy atom. The van der Waals surface area contributed by atoms with E-state index in [0.717, 1.165) is 18.1 Å². The lowest BCUT2D eigenvalue weighted by Crippen LogP contribution is -2.08. The summed E-state index contributed by atoms with van der Waals surface area (Å²) >= 11 is 0. The predicted molar refractivity (Wildman–Crippen MR) is 42.0 cm³/mol. The van der Waals surface area contributed by atoms with Crippen LogP contribution in [0.25, 0.3) is 0 Å². The van der Waals surface area contributed by atoms with Crippen molar-refractivity contribution in [3.05, 3.63) is 0 Å². The minimum absolute atomic E-state index is 0.477. The van der Waals surface area contributed by atoms with E-state index >= 15 is 0 Å². The zero-order valence-corrected chi connectivity index (χ0v) is 6.86. The maximum absolute atomic E-state index is 7.29. The van der Waals surface area contributed by atoms with Crippen LogP contribution in [0.4, 0.5) is 0 Å². The number of hydrogen-bond donors (Lipinski definition) is 1. The maximum Gasteiger partial charge on any atom is 0.00864 e. The van der Waals surface area contributed by atoms with Crippen molar-refractivity contribution < 1.29 is 0 Å². The normalized spacial score (nSPS) is 13.9. The zero-order valence-electron chi connectivity index (χ0n) is 6.86. The second kappa shape index (κ2) is 3.65. The fourth-order valence-corrected chi connectivity index (χ4v) is 0.884. The van der Waals surface area contributed by atoms with E-state index in [1.165, 1.54) is 0 Å². The molecular weight excluding hydrogens is 110 g/mol. The summed E-state index contributed by atoms with van der Waals surface area (Å²) < 4.78 is 0. The third-order valence-corrected chi connectivity index (χ3v) is 1.56. The summed E-state index contributed by atoms with van der Waals surface area (Å²) in [7, 11) is 0. The van der Waals surface area contributed by atoms with Crippen LogP contribution in [0.2, 0.25) is 0 Å². The van der Waals surface area contributed by atoms with Gasteiger partial charge in [0.1, 0.15) is 0 Å². The molecule has 1 nitrogen and oxygen atoms in total. The minimum atomic E-state index is 0.477.